The number of halogens is 1. The molecule has 0 saturated carbocycles. The van der Waals surface area contributed by atoms with Crippen molar-refractivity contribution in [1.29, 1.82) is 0 Å². The number of anilines is 1. The van der Waals surface area contributed by atoms with Gasteiger partial charge in [0.2, 0.25) is 0 Å². The Morgan fingerprint density at radius 1 is 1.12 bits per heavy atom. The highest BCUT2D eigenvalue weighted by molar-refractivity contribution is 6.51. The maximum atomic E-state index is 13.4. The molecule has 0 bridgehead atoms. The average molecular weight is 464 g/mol. The number of carbonyl (C=O) groups excluding carboxylic acids is 2. The summed E-state index contributed by atoms with van der Waals surface area (Å²) in [5.41, 5.74) is 0.676. The van der Waals surface area contributed by atoms with Crippen LogP contribution in [0.1, 0.15) is 49.1 Å². The Kier molecular flexibility index (Phi) is 6.77. The molecule has 1 saturated heterocycles. The number of hydrogen-bond acceptors (Lipinski definition) is 6. The second kappa shape index (κ2) is 9.91. The van der Waals surface area contributed by atoms with E-state index in [-0.39, 0.29) is 17.0 Å². The highest BCUT2D eigenvalue weighted by atomic mass is 19.1. The first kappa shape index (κ1) is 23.2. The van der Waals surface area contributed by atoms with Gasteiger partial charge in [0.05, 0.1) is 18.2 Å². The Morgan fingerprint density at radius 2 is 1.82 bits per heavy atom. The van der Waals surface area contributed by atoms with Crippen LogP contribution in [0.3, 0.4) is 0 Å². The van der Waals surface area contributed by atoms with E-state index in [2.05, 4.69) is 12.1 Å². The van der Waals surface area contributed by atoms with Gasteiger partial charge in [0.15, 0.2) is 5.82 Å². The number of unbranched alkanes of at least 4 members (excludes halogenated alkanes) is 2. The summed E-state index contributed by atoms with van der Waals surface area (Å²) in [5.74, 6) is -1.32. The van der Waals surface area contributed by atoms with E-state index in [1.807, 2.05) is 0 Å². The lowest BCUT2D eigenvalue weighted by molar-refractivity contribution is -0.132. The number of aliphatic hydroxyl groups excluding tert-OH is 1. The van der Waals surface area contributed by atoms with Crippen LogP contribution in [0.15, 0.2) is 64.7 Å². The van der Waals surface area contributed by atoms with Gasteiger partial charge in [-0.3, -0.25) is 14.5 Å². The number of aliphatic hydroxyl groups is 1. The number of carbonyl (C=O) groups is 2. The molecule has 7 nitrogen and oxygen atoms in total. The number of Topliss-reactive ketones (excluding diaryl/α,β-unsaturated/α-hetero) is 1. The van der Waals surface area contributed by atoms with Gasteiger partial charge < -0.3 is 14.4 Å². The van der Waals surface area contributed by atoms with Crippen LogP contribution in [0.25, 0.3) is 5.76 Å². The van der Waals surface area contributed by atoms with Crippen LogP contribution in [0.4, 0.5) is 10.2 Å². The summed E-state index contributed by atoms with van der Waals surface area (Å²) >= 11 is 0. The number of amides is 1. The van der Waals surface area contributed by atoms with Gasteiger partial charge >= 0.3 is 5.91 Å². The van der Waals surface area contributed by atoms with Crippen molar-refractivity contribution in [3.63, 3.8) is 0 Å². The molecule has 1 aromatic heterocycles. The van der Waals surface area contributed by atoms with Gasteiger partial charge in [-0.25, -0.2) is 4.39 Å². The zero-order valence-electron chi connectivity index (χ0n) is 19.0. The summed E-state index contributed by atoms with van der Waals surface area (Å²) in [6, 6.07) is 12.6. The summed E-state index contributed by atoms with van der Waals surface area (Å²) in [5, 5.41) is 14.9. The van der Waals surface area contributed by atoms with Gasteiger partial charge in [0.25, 0.3) is 5.78 Å². The molecule has 0 spiro atoms. The molecule has 1 atom stereocenters. The summed E-state index contributed by atoms with van der Waals surface area (Å²) in [7, 11) is 0. The first-order chi connectivity index (χ1) is 16.4. The Morgan fingerprint density at radius 3 is 2.44 bits per heavy atom. The molecule has 34 heavy (non-hydrogen) atoms. The molecule has 3 aromatic rings. The number of nitrogens with zero attached hydrogens (tertiary/aromatic N) is 2. The molecule has 1 N–H and O–H groups in total. The second-order valence-electron chi connectivity index (χ2n) is 8.10. The topological polar surface area (TPSA) is 92.9 Å². The lowest BCUT2D eigenvalue weighted by Gasteiger charge is -2.23. The predicted molar refractivity (Wildman–Crippen MR) is 124 cm³/mol. The van der Waals surface area contributed by atoms with Crippen LogP contribution in [-0.2, 0) is 9.59 Å². The molecular weight excluding hydrogens is 439 g/mol. The van der Waals surface area contributed by atoms with Crippen LogP contribution >= 0.6 is 0 Å². The molecule has 1 fully saturated rings. The Balaban J connectivity index is 1.76. The van der Waals surface area contributed by atoms with Crippen molar-refractivity contribution in [2.24, 2.45) is 0 Å². The van der Waals surface area contributed by atoms with Crippen molar-refractivity contribution in [2.45, 2.75) is 39.2 Å². The van der Waals surface area contributed by atoms with Gasteiger partial charge in [0.1, 0.15) is 23.1 Å². The quantitative estimate of drug-likeness (QED) is 0.210. The predicted octanol–water partition coefficient (Wildman–Crippen LogP) is 5.32. The number of benzene rings is 2. The molecule has 0 aliphatic carbocycles. The molecular formula is C26H25FN2O5. The molecule has 2 heterocycles. The summed E-state index contributed by atoms with van der Waals surface area (Å²) < 4.78 is 24.3. The van der Waals surface area contributed by atoms with E-state index in [0.29, 0.717) is 23.7 Å². The van der Waals surface area contributed by atoms with E-state index >= 15 is 0 Å². The van der Waals surface area contributed by atoms with Crippen molar-refractivity contribution >= 4 is 23.3 Å². The van der Waals surface area contributed by atoms with Crippen LogP contribution < -0.4 is 9.64 Å². The van der Waals surface area contributed by atoms with Gasteiger partial charge in [-0.15, -0.1) is 0 Å². The fourth-order valence-electron chi connectivity index (χ4n) is 3.90. The molecule has 176 valence electrons. The molecule has 1 amide bonds. The molecule has 2 aromatic carbocycles. The highest BCUT2D eigenvalue weighted by Crippen LogP contribution is 2.42. The zero-order chi connectivity index (χ0) is 24.2. The molecule has 1 unspecified atom stereocenters. The lowest BCUT2D eigenvalue weighted by Crippen LogP contribution is -2.29. The Labute approximate surface area is 196 Å². The fourth-order valence-corrected chi connectivity index (χ4v) is 3.90. The van der Waals surface area contributed by atoms with E-state index < -0.39 is 29.3 Å². The number of ether oxygens (including phenoxy) is 1. The Bertz CT molecular complexity index is 1210. The minimum atomic E-state index is -0.955. The summed E-state index contributed by atoms with van der Waals surface area (Å²) in [6.07, 6.45) is 3.12. The average Bonchev–Trinajstić information content (AvgIpc) is 3.37. The number of aromatic nitrogens is 1. The minimum absolute atomic E-state index is 0.117. The van der Waals surface area contributed by atoms with E-state index in [1.165, 1.54) is 29.2 Å². The number of rotatable bonds is 8. The minimum Gasteiger partial charge on any atom is -0.507 e. The number of ketones is 1. The van der Waals surface area contributed by atoms with Crippen molar-refractivity contribution in [3.8, 4) is 5.75 Å². The number of aryl methyl sites for hydroxylation is 1. The largest absolute Gasteiger partial charge is 0.507 e. The maximum absolute atomic E-state index is 13.4. The SMILES string of the molecule is CCCCCOc1ccc(C2/C(=C(/O)c3ccc(F)cc3)C(=O)C(=O)N2c2cc(C)on2)cc1. The third kappa shape index (κ3) is 4.57. The highest BCUT2D eigenvalue weighted by Gasteiger charge is 2.48. The first-order valence-corrected chi connectivity index (χ1v) is 11.1. The smallest absolute Gasteiger partial charge is 0.301 e. The van der Waals surface area contributed by atoms with Crippen LogP contribution in [-0.4, -0.2) is 28.6 Å². The standard InChI is InChI=1S/C26H25FN2O5/c1-3-4-5-14-33-20-12-8-17(9-13-20)23-22(24(30)18-6-10-19(27)11-7-18)25(31)26(32)29(23)21-15-16(2)34-28-21/h6-13,15,23,30H,3-5,14H2,1-2H3/b24-22-. The van der Waals surface area contributed by atoms with E-state index in [1.54, 1.807) is 37.3 Å². The molecule has 4 rings (SSSR count). The summed E-state index contributed by atoms with van der Waals surface area (Å²) in [4.78, 5) is 27.3. The normalized spacial score (nSPS) is 17.4. The van der Waals surface area contributed by atoms with Gasteiger partial charge in [-0.1, -0.05) is 37.1 Å². The molecule has 1 aliphatic rings. The van der Waals surface area contributed by atoms with E-state index in [0.717, 1.165) is 19.3 Å². The van der Waals surface area contributed by atoms with Gasteiger partial charge in [0, 0.05) is 11.6 Å². The second-order valence-corrected chi connectivity index (χ2v) is 8.10. The summed E-state index contributed by atoms with van der Waals surface area (Å²) in [6.45, 7) is 4.38. The molecule has 1 aliphatic heterocycles. The van der Waals surface area contributed by atoms with Gasteiger partial charge in [-0.05, 0) is 55.3 Å². The molecule has 8 heteroatoms. The third-order valence-corrected chi connectivity index (χ3v) is 5.64. The van der Waals surface area contributed by atoms with Crippen molar-refractivity contribution in [2.75, 3.05) is 11.5 Å². The third-order valence-electron chi connectivity index (χ3n) is 5.64. The number of hydrogen-bond donors (Lipinski definition) is 1. The van der Waals surface area contributed by atoms with Crippen molar-refractivity contribution in [3.05, 3.63) is 82.9 Å². The van der Waals surface area contributed by atoms with Crippen molar-refractivity contribution in [1.82, 2.24) is 5.16 Å². The maximum Gasteiger partial charge on any atom is 0.301 e. The lowest BCUT2D eigenvalue weighted by atomic mass is 9.95. The van der Waals surface area contributed by atoms with E-state index in [4.69, 9.17) is 9.26 Å². The fraction of sp³-hybridized carbons (Fsp3) is 0.269. The van der Waals surface area contributed by atoms with Crippen molar-refractivity contribution < 1.29 is 28.3 Å². The zero-order valence-corrected chi connectivity index (χ0v) is 19.0. The van der Waals surface area contributed by atoms with E-state index in [9.17, 15) is 19.1 Å². The van der Waals surface area contributed by atoms with Crippen LogP contribution in [0.2, 0.25) is 0 Å². The van der Waals surface area contributed by atoms with Crippen LogP contribution in [0, 0.1) is 12.7 Å². The van der Waals surface area contributed by atoms with Gasteiger partial charge in [-0.2, -0.15) is 0 Å². The first-order valence-electron chi connectivity index (χ1n) is 11.1. The molecule has 0 radical (unpaired) electrons. The van der Waals surface area contributed by atoms with Crippen LogP contribution in [0.5, 0.6) is 5.75 Å². The monoisotopic (exact) mass is 464 g/mol. The Hall–Kier alpha value is -3.94.